The van der Waals surface area contributed by atoms with Crippen LogP contribution in [0.1, 0.15) is 41.4 Å². The highest BCUT2D eigenvalue weighted by Gasteiger charge is 2.29. The van der Waals surface area contributed by atoms with E-state index in [4.69, 9.17) is 4.98 Å². The highest BCUT2D eigenvalue weighted by Crippen LogP contribution is 2.41. The van der Waals surface area contributed by atoms with Gasteiger partial charge in [0.2, 0.25) is 0 Å². The number of pyridine rings is 1. The molecule has 5 rings (SSSR count). The van der Waals surface area contributed by atoms with Gasteiger partial charge >= 0.3 is 0 Å². The van der Waals surface area contributed by atoms with E-state index in [1.165, 1.54) is 28.7 Å². The maximum Gasteiger partial charge on any atom is 0.141 e. The van der Waals surface area contributed by atoms with Crippen molar-refractivity contribution in [3.8, 4) is 0 Å². The quantitative estimate of drug-likeness (QED) is 0.766. The number of fused-ring (bicyclic) bond motifs is 3. The molecule has 3 aromatic rings. The van der Waals surface area contributed by atoms with Gasteiger partial charge in [0.25, 0.3) is 0 Å². The van der Waals surface area contributed by atoms with Crippen LogP contribution in [0.25, 0.3) is 10.2 Å². The normalized spacial score (nSPS) is 20.6. The molecule has 0 amide bonds. The molecule has 0 aliphatic carbocycles. The Bertz CT molecular complexity index is 891. The van der Waals surface area contributed by atoms with E-state index < -0.39 is 0 Å². The van der Waals surface area contributed by atoms with Gasteiger partial charge in [-0.05, 0) is 49.9 Å². The molecule has 2 aliphatic heterocycles. The Kier molecular flexibility index (Phi) is 3.87. The number of aromatic nitrogens is 3. The Balaban J connectivity index is 1.65. The average molecular weight is 351 g/mol. The lowest BCUT2D eigenvalue weighted by atomic mass is 9.97. The summed E-state index contributed by atoms with van der Waals surface area (Å²) in [5, 5.41) is 4.76. The van der Waals surface area contributed by atoms with E-state index in [1.807, 2.05) is 23.6 Å². The van der Waals surface area contributed by atoms with E-state index in [2.05, 4.69) is 32.3 Å². The fourth-order valence-electron chi connectivity index (χ4n) is 4.13. The molecule has 0 aromatic carbocycles. The predicted octanol–water partition coefficient (Wildman–Crippen LogP) is 3.46. The van der Waals surface area contributed by atoms with Crippen LogP contribution in [0.4, 0.5) is 5.82 Å². The van der Waals surface area contributed by atoms with Crippen LogP contribution in [-0.2, 0) is 13.0 Å². The van der Waals surface area contributed by atoms with Crippen LogP contribution in [0.3, 0.4) is 0 Å². The van der Waals surface area contributed by atoms with Crippen LogP contribution in [0.15, 0.2) is 30.7 Å². The summed E-state index contributed by atoms with van der Waals surface area (Å²) in [6, 6.07) is 6.53. The molecule has 0 bridgehead atoms. The zero-order valence-corrected chi connectivity index (χ0v) is 14.9. The Morgan fingerprint density at radius 2 is 2.16 bits per heavy atom. The van der Waals surface area contributed by atoms with Gasteiger partial charge in [-0.1, -0.05) is 6.07 Å². The van der Waals surface area contributed by atoms with E-state index in [1.54, 1.807) is 6.33 Å². The second-order valence-electron chi connectivity index (χ2n) is 6.77. The Morgan fingerprint density at radius 3 is 3.08 bits per heavy atom. The van der Waals surface area contributed by atoms with Crippen LogP contribution >= 0.6 is 11.3 Å². The smallest absolute Gasteiger partial charge is 0.141 e. The van der Waals surface area contributed by atoms with Gasteiger partial charge in [-0.15, -0.1) is 11.3 Å². The summed E-state index contributed by atoms with van der Waals surface area (Å²) in [6.45, 7) is 3.03. The third-order valence-electron chi connectivity index (χ3n) is 5.29. The second-order valence-corrected chi connectivity index (χ2v) is 7.85. The summed E-state index contributed by atoms with van der Waals surface area (Å²) in [4.78, 5) is 19.0. The Morgan fingerprint density at radius 1 is 1.16 bits per heavy atom. The molecule has 3 aromatic heterocycles. The molecule has 128 valence electrons. The first-order chi connectivity index (χ1) is 12.4. The second kappa shape index (κ2) is 6.35. The molecule has 1 saturated heterocycles. The van der Waals surface area contributed by atoms with Crippen LogP contribution in [0, 0.1) is 0 Å². The topological polar surface area (TPSA) is 53.9 Å². The molecule has 0 radical (unpaired) electrons. The number of thiophene rings is 1. The number of nitrogens with zero attached hydrogens (tertiary/aromatic N) is 4. The van der Waals surface area contributed by atoms with Gasteiger partial charge in [-0.25, -0.2) is 9.97 Å². The van der Waals surface area contributed by atoms with Gasteiger partial charge < -0.3 is 10.2 Å². The average Bonchev–Trinajstić information content (AvgIpc) is 3.07. The monoisotopic (exact) mass is 351 g/mol. The van der Waals surface area contributed by atoms with Crippen molar-refractivity contribution in [3.05, 3.63) is 46.9 Å². The molecule has 0 unspecified atom stereocenters. The van der Waals surface area contributed by atoms with Crippen LogP contribution in [-0.4, -0.2) is 28.0 Å². The fraction of sp³-hybridized carbons (Fsp3) is 0.421. The number of hydrogen-bond donors (Lipinski definition) is 1. The largest absolute Gasteiger partial charge is 0.347 e. The van der Waals surface area contributed by atoms with Crippen molar-refractivity contribution in [1.82, 2.24) is 20.3 Å². The first-order valence-corrected chi connectivity index (χ1v) is 9.87. The molecule has 1 atom stereocenters. The number of hydrogen-bond acceptors (Lipinski definition) is 6. The van der Waals surface area contributed by atoms with Crippen LogP contribution in [0.2, 0.25) is 0 Å². The molecular weight excluding hydrogens is 330 g/mol. The van der Waals surface area contributed by atoms with Crippen molar-refractivity contribution in [2.24, 2.45) is 0 Å². The SMILES string of the molecule is c1ccc([C@@H]2CCCCN2c2ncnc3sc4c(c23)CCNC4)nc1. The highest BCUT2D eigenvalue weighted by molar-refractivity contribution is 7.19. The van der Waals surface area contributed by atoms with Gasteiger partial charge in [0.15, 0.2) is 0 Å². The van der Waals surface area contributed by atoms with Crippen molar-refractivity contribution < 1.29 is 0 Å². The van der Waals surface area contributed by atoms with Gasteiger partial charge in [-0.2, -0.15) is 0 Å². The summed E-state index contributed by atoms with van der Waals surface area (Å²) in [5.74, 6) is 1.11. The van der Waals surface area contributed by atoms with Crippen molar-refractivity contribution >= 4 is 27.4 Å². The first kappa shape index (κ1) is 15.2. The summed E-state index contributed by atoms with van der Waals surface area (Å²) < 4.78 is 0. The molecule has 0 saturated carbocycles. The Labute approximate surface area is 151 Å². The molecule has 5 nitrogen and oxygen atoms in total. The summed E-state index contributed by atoms with van der Waals surface area (Å²) in [7, 11) is 0. The minimum absolute atomic E-state index is 0.310. The van der Waals surface area contributed by atoms with Gasteiger partial charge in [0.05, 0.1) is 17.1 Å². The Hall–Kier alpha value is -2.05. The third-order valence-corrected chi connectivity index (χ3v) is 6.43. The van der Waals surface area contributed by atoms with Crippen LogP contribution < -0.4 is 10.2 Å². The molecule has 1 N–H and O–H groups in total. The first-order valence-electron chi connectivity index (χ1n) is 9.05. The van der Waals surface area contributed by atoms with E-state index in [-0.39, 0.29) is 0 Å². The predicted molar refractivity (Wildman–Crippen MR) is 101 cm³/mol. The number of anilines is 1. The summed E-state index contributed by atoms with van der Waals surface area (Å²) in [5.41, 5.74) is 2.61. The minimum Gasteiger partial charge on any atom is -0.347 e. The van der Waals surface area contributed by atoms with Crippen molar-refractivity contribution in [1.29, 1.82) is 0 Å². The standard InChI is InChI=1S/C19H21N5S/c1-3-8-21-14(5-1)15-6-2-4-10-24(15)18-17-13-7-9-20-11-16(13)25-19(17)23-12-22-18/h1,3,5,8,12,15,20H,2,4,6-7,9-11H2/t15-/m0/s1. The zero-order chi connectivity index (χ0) is 16.6. The molecular formula is C19H21N5S. The molecule has 2 aliphatic rings. The molecule has 6 heteroatoms. The van der Waals surface area contributed by atoms with Crippen LogP contribution in [0.5, 0.6) is 0 Å². The van der Waals surface area contributed by atoms with Gasteiger partial charge in [0.1, 0.15) is 17.0 Å². The number of piperidine rings is 1. The zero-order valence-electron chi connectivity index (χ0n) is 14.1. The van der Waals surface area contributed by atoms with Crippen molar-refractivity contribution in [3.63, 3.8) is 0 Å². The lowest BCUT2D eigenvalue weighted by Crippen LogP contribution is -2.34. The maximum absolute atomic E-state index is 4.76. The number of nitrogens with one attached hydrogen (secondary N) is 1. The number of rotatable bonds is 2. The highest BCUT2D eigenvalue weighted by atomic mass is 32.1. The van der Waals surface area contributed by atoms with E-state index in [9.17, 15) is 0 Å². The summed E-state index contributed by atoms with van der Waals surface area (Å²) in [6.07, 6.45) is 8.29. The van der Waals surface area contributed by atoms with Crippen molar-refractivity contribution in [2.45, 2.75) is 38.3 Å². The molecule has 0 spiro atoms. The van der Waals surface area contributed by atoms with E-state index in [0.29, 0.717) is 6.04 Å². The lowest BCUT2D eigenvalue weighted by Gasteiger charge is -2.36. The lowest BCUT2D eigenvalue weighted by molar-refractivity contribution is 0.463. The minimum atomic E-state index is 0.310. The van der Waals surface area contributed by atoms with Gasteiger partial charge in [-0.3, -0.25) is 4.98 Å². The summed E-state index contributed by atoms with van der Waals surface area (Å²) >= 11 is 1.82. The molecule has 25 heavy (non-hydrogen) atoms. The van der Waals surface area contributed by atoms with E-state index in [0.717, 1.165) is 48.8 Å². The fourth-order valence-corrected chi connectivity index (χ4v) is 5.28. The molecule has 1 fully saturated rings. The maximum atomic E-state index is 4.76. The van der Waals surface area contributed by atoms with Crippen molar-refractivity contribution in [2.75, 3.05) is 18.0 Å². The third kappa shape index (κ3) is 2.60. The van der Waals surface area contributed by atoms with Gasteiger partial charge in [0, 0.05) is 24.2 Å². The molecule has 5 heterocycles. The van der Waals surface area contributed by atoms with E-state index >= 15 is 0 Å².